The number of para-hydroxylation sites is 1. The molecule has 3 atom stereocenters. The van der Waals surface area contributed by atoms with Gasteiger partial charge in [-0.2, -0.15) is 9.61 Å². The summed E-state index contributed by atoms with van der Waals surface area (Å²) >= 11 is 0. The summed E-state index contributed by atoms with van der Waals surface area (Å²) in [5, 5.41) is 23.6. The number of benzene rings is 1. The fourth-order valence-electron chi connectivity index (χ4n) is 3.14. The molecule has 2 aromatic heterocycles. The van der Waals surface area contributed by atoms with Crippen LogP contribution in [0.4, 0.5) is 11.6 Å². The number of aliphatic hydroxyl groups excluding tert-OH is 2. The van der Waals surface area contributed by atoms with Crippen LogP contribution in [0, 0.1) is 0 Å². The van der Waals surface area contributed by atoms with Gasteiger partial charge in [-0.1, -0.05) is 18.2 Å². The lowest BCUT2D eigenvalue weighted by molar-refractivity contribution is -0.0222. The Morgan fingerprint density at radius 3 is 2.80 bits per heavy atom. The highest BCUT2D eigenvalue weighted by Crippen LogP contribution is 2.35. The van der Waals surface area contributed by atoms with Crippen LogP contribution in [0.3, 0.4) is 0 Å². The zero-order chi connectivity index (χ0) is 17.4. The van der Waals surface area contributed by atoms with Crippen molar-refractivity contribution in [3.63, 3.8) is 0 Å². The maximum atomic E-state index is 9.97. The predicted molar refractivity (Wildman–Crippen MR) is 90.6 cm³/mol. The van der Waals surface area contributed by atoms with Crippen LogP contribution >= 0.6 is 0 Å². The van der Waals surface area contributed by atoms with E-state index in [1.165, 1.54) is 6.33 Å². The molecule has 3 aromatic rings. The lowest BCUT2D eigenvalue weighted by atomic mass is 10.1. The van der Waals surface area contributed by atoms with Crippen molar-refractivity contribution in [1.82, 2.24) is 19.6 Å². The van der Waals surface area contributed by atoms with Crippen molar-refractivity contribution >= 4 is 17.3 Å². The Labute approximate surface area is 144 Å². The standard InChI is InChI=1S/C17H19N5O3/c1-21(11-5-3-2-4-6-11)17-19-10-18-16-12(8-20-22(16)17)14-7-13(24)15(9-23)25-14/h2-6,8,10,13-15,23-24H,7,9H2,1H3. The maximum Gasteiger partial charge on any atom is 0.234 e. The molecule has 130 valence electrons. The Kier molecular flexibility index (Phi) is 4.08. The van der Waals surface area contributed by atoms with Crippen molar-refractivity contribution in [2.75, 3.05) is 18.6 Å². The first-order chi connectivity index (χ1) is 12.2. The first-order valence-corrected chi connectivity index (χ1v) is 8.11. The van der Waals surface area contributed by atoms with Crippen molar-refractivity contribution in [3.8, 4) is 0 Å². The summed E-state index contributed by atoms with van der Waals surface area (Å²) in [6.07, 6.45) is 1.95. The first kappa shape index (κ1) is 15.9. The van der Waals surface area contributed by atoms with Crippen molar-refractivity contribution < 1.29 is 14.9 Å². The van der Waals surface area contributed by atoms with E-state index in [0.717, 1.165) is 11.3 Å². The third kappa shape index (κ3) is 2.74. The van der Waals surface area contributed by atoms with E-state index >= 15 is 0 Å². The molecule has 1 saturated heterocycles. The van der Waals surface area contributed by atoms with Crippen LogP contribution in [0.2, 0.25) is 0 Å². The molecule has 3 unspecified atom stereocenters. The lowest BCUT2D eigenvalue weighted by Gasteiger charge is -2.18. The Morgan fingerprint density at radius 1 is 1.28 bits per heavy atom. The Morgan fingerprint density at radius 2 is 2.08 bits per heavy atom. The van der Waals surface area contributed by atoms with Gasteiger partial charge < -0.3 is 19.8 Å². The van der Waals surface area contributed by atoms with Gasteiger partial charge in [0.15, 0.2) is 5.65 Å². The van der Waals surface area contributed by atoms with Gasteiger partial charge in [-0.3, -0.25) is 0 Å². The van der Waals surface area contributed by atoms with E-state index < -0.39 is 12.2 Å². The van der Waals surface area contributed by atoms with Crippen molar-refractivity contribution in [1.29, 1.82) is 0 Å². The smallest absolute Gasteiger partial charge is 0.234 e. The van der Waals surface area contributed by atoms with Gasteiger partial charge in [-0.25, -0.2) is 9.97 Å². The molecule has 1 aliphatic heterocycles. The Hall–Kier alpha value is -2.55. The van der Waals surface area contributed by atoms with Crippen molar-refractivity contribution in [3.05, 3.63) is 48.4 Å². The number of rotatable bonds is 4. The van der Waals surface area contributed by atoms with Crippen LogP contribution < -0.4 is 4.90 Å². The fourth-order valence-corrected chi connectivity index (χ4v) is 3.14. The Bertz CT molecular complexity index is 869. The molecule has 0 aliphatic carbocycles. The van der Waals surface area contributed by atoms with Crippen LogP contribution in [0.15, 0.2) is 42.9 Å². The average Bonchev–Trinajstić information content (AvgIpc) is 3.24. The molecular weight excluding hydrogens is 322 g/mol. The van der Waals surface area contributed by atoms with Gasteiger partial charge in [-0.05, 0) is 12.1 Å². The van der Waals surface area contributed by atoms with Gasteiger partial charge in [-0.15, -0.1) is 0 Å². The van der Waals surface area contributed by atoms with Crippen LogP contribution in [0.1, 0.15) is 18.1 Å². The monoisotopic (exact) mass is 341 g/mol. The number of hydrogen-bond donors (Lipinski definition) is 2. The van der Waals surface area contributed by atoms with Gasteiger partial charge in [0, 0.05) is 24.7 Å². The summed E-state index contributed by atoms with van der Waals surface area (Å²) in [6.45, 7) is -0.214. The van der Waals surface area contributed by atoms with E-state index in [4.69, 9.17) is 4.74 Å². The number of aliphatic hydroxyl groups is 2. The molecule has 1 aliphatic rings. The molecular formula is C17H19N5O3. The summed E-state index contributed by atoms with van der Waals surface area (Å²) in [5.41, 5.74) is 2.39. The SMILES string of the molecule is CN(c1ccccc1)c1ncnc2c(C3CC(O)C(CO)O3)cnn12. The second-order valence-corrected chi connectivity index (χ2v) is 6.05. The van der Waals surface area contributed by atoms with Crippen molar-refractivity contribution in [2.24, 2.45) is 0 Å². The van der Waals surface area contributed by atoms with Gasteiger partial charge in [0.05, 0.1) is 25.0 Å². The lowest BCUT2D eigenvalue weighted by Crippen LogP contribution is -2.24. The molecule has 0 saturated carbocycles. The van der Waals surface area contributed by atoms with Crippen LogP contribution in [0.5, 0.6) is 0 Å². The number of nitrogens with zero attached hydrogens (tertiary/aromatic N) is 5. The van der Waals surface area contributed by atoms with Gasteiger partial charge >= 0.3 is 0 Å². The fraction of sp³-hybridized carbons (Fsp3) is 0.353. The molecule has 1 aromatic carbocycles. The summed E-state index contributed by atoms with van der Waals surface area (Å²) in [7, 11) is 1.91. The second kappa shape index (κ2) is 6.40. The third-order valence-corrected chi connectivity index (χ3v) is 4.51. The van der Waals surface area contributed by atoms with E-state index in [2.05, 4.69) is 15.1 Å². The molecule has 25 heavy (non-hydrogen) atoms. The van der Waals surface area contributed by atoms with Gasteiger partial charge in [0.1, 0.15) is 12.4 Å². The minimum absolute atomic E-state index is 0.214. The Balaban J connectivity index is 1.72. The summed E-state index contributed by atoms with van der Waals surface area (Å²) in [6, 6.07) is 9.85. The second-order valence-electron chi connectivity index (χ2n) is 6.05. The minimum atomic E-state index is -0.696. The third-order valence-electron chi connectivity index (χ3n) is 4.51. The number of hydrogen-bond acceptors (Lipinski definition) is 7. The molecule has 1 fully saturated rings. The topological polar surface area (TPSA) is 96.0 Å². The highest BCUT2D eigenvalue weighted by Gasteiger charge is 2.36. The number of ether oxygens (including phenoxy) is 1. The van der Waals surface area contributed by atoms with Gasteiger partial charge in [0.2, 0.25) is 5.95 Å². The van der Waals surface area contributed by atoms with Crippen LogP contribution in [-0.2, 0) is 4.74 Å². The molecule has 0 amide bonds. The molecule has 8 heteroatoms. The highest BCUT2D eigenvalue weighted by atomic mass is 16.5. The molecule has 0 bridgehead atoms. The molecule has 0 spiro atoms. The zero-order valence-electron chi connectivity index (χ0n) is 13.7. The predicted octanol–water partition coefficient (Wildman–Crippen LogP) is 1.08. The van der Waals surface area contributed by atoms with E-state index in [1.807, 2.05) is 42.3 Å². The van der Waals surface area contributed by atoms with Gasteiger partial charge in [0.25, 0.3) is 0 Å². The largest absolute Gasteiger partial charge is 0.394 e. The molecule has 0 radical (unpaired) electrons. The van der Waals surface area contributed by atoms with E-state index in [-0.39, 0.29) is 12.7 Å². The molecule has 4 rings (SSSR count). The summed E-state index contributed by atoms with van der Waals surface area (Å²) < 4.78 is 7.39. The van der Waals surface area contributed by atoms with Crippen LogP contribution in [0.25, 0.3) is 5.65 Å². The summed E-state index contributed by atoms with van der Waals surface area (Å²) in [5.74, 6) is 0.625. The first-order valence-electron chi connectivity index (χ1n) is 8.11. The quantitative estimate of drug-likeness (QED) is 0.733. The maximum absolute atomic E-state index is 9.97. The zero-order valence-corrected chi connectivity index (χ0v) is 13.7. The van der Waals surface area contributed by atoms with E-state index in [0.29, 0.717) is 18.0 Å². The number of aromatic nitrogens is 4. The molecule has 3 heterocycles. The molecule has 2 N–H and O–H groups in total. The summed E-state index contributed by atoms with van der Waals surface area (Å²) in [4.78, 5) is 10.6. The number of anilines is 2. The number of fused-ring (bicyclic) bond motifs is 1. The average molecular weight is 341 g/mol. The van der Waals surface area contributed by atoms with E-state index in [9.17, 15) is 10.2 Å². The normalized spacial score (nSPS) is 23.2. The van der Waals surface area contributed by atoms with Crippen molar-refractivity contribution in [2.45, 2.75) is 24.7 Å². The van der Waals surface area contributed by atoms with E-state index in [1.54, 1.807) is 10.7 Å². The minimum Gasteiger partial charge on any atom is -0.394 e. The van der Waals surface area contributed by atoms with Crippen LogP contribution in [-0.4, -0.2) is 55.7 Å². The molecule has 8 nitrogen and oxygen atoms in total. The highest BCUT2D eigenvalue weighted by molar-refractivity contribution is 5.60.